The van der Waals surface area contributed by atoms with Crippen molar-refractivity contribution in [1.82, 2.24) is 19.7 Å². The first kappa shape index (κ1) is 15.4. The number of rotatable bonds is 3. The summed E-state index contributed by atoms with van der Waals surface area (Å²) in [4.78, 5) is 9.89. The Morgan fingerprint density at radius 2 is 2.09 bits per heavy atom. The molecule has 2 aliphatic heterocycles. The van der Waals surface area contributed by atoms with Crippen LogP contribution in [0.5, 0.6) is 0 Å². The van der Waals surface area contributed by atoms with E-state index in [9.17, 15) is 0 Å². The Kier molecular flexibility index (Phi) is 4.26. The van der Waals surface area contributed by atoms with E-state index in [4.69, 9.17) is 9.72 Å². The third-order valence-corrected chi connectivity index (χ3v) is 6.16. The van der Waals surface area contributed by atoms with Crippen LogP contribution in [0.4, 0.5) is 5.13 Å². The predicted molar refractivity (Wildman–Crippen MR) is 93.3 cm³/mol. The average Bonchev–Trinajstić information content (AvgIpc) is 3.11. The van der Waals surface area contributed by atoms with Crippen LogP contribution in [0.25, 0.3) is 10.3 Å². The Hall–Kier alpha value is -1.18. The molecule has 2 saturated heterocycles. The van der Waals surface area contributed by atoms with Gasteiger partial charge >= 0.3 is 0 Å². The molecule has 0 spiro atoms. The van der Waals surface area contributed by atoms with Crippen molar-refractivity contribution in [3.8, 4) is 0 Å². The van der Waals surface area contributed by atoms with Crippen molar-refractivity contribution in [2.24, 2.45) is 13.0 Å². The highest BCUT2D eigenvalue weighted by atomic mass is 32.1. The zero-order valence-corrected chi connectivity index (χ0v) is 14.8. The molecule has 0 unspecified atom stereocenters. The van der Waals surface area contributed by atoms with Crippen molar-refractivity contribution in [3.05, 3.63) is 5.69 Å². The number of hydrogen-bond donors (Lipinski definition) is 0. The van der Waals surface area contributed by atoms with E-state index in [0.717, 1.165) is 56.7 Å². The van der Waals surface area contributed by atoms with Gasteiger partial charge in [0.25, 0.3) is 0 Å². The highest BCUT2D eigenvalue weighted by molar-refractivity contribution is 7.22. The molecule has 2 aliphatic rings. The smallest absolute Gasteiger partial charge is 0.188 e. The molecule has 2 aromatic heterocycles. The molecule has 2 aromatic rings. The van der Waals surface area contributed by atoms with Crippen LogP contribution in [0.1, 0.15) is 18.5 Å². The number of thiazole rings is 1. The molecule has 4 rings (SSSR count). The fraction of sp³-hybridized carbons (Fsp3) is 0.750. The van der Waals surface area contributed by atoms with Crippen molar-refractivity contribution in [3.63, 3.8) is 0 Å². The Bertz CT molecular complexity index is 641. The highest BCUT2D eigenvalue weighted by Gasteiger charge is 2.25. The molecule has 1 atom stereocenters. The van der Waals surface area contributed by atoms with Crippen LogP contribution in [0.3, 0.4) is 0 Å². The topological polar surface area (TPSA) is 46.4 Å². The van der Waals surface area contributed by atoms with Gasteiger partial charge < -0.3 is 9.64 Å². The zero-order valence-electron chi connectivity index (χ0n) is 14.0. The van der Waals surface area contributed by atoms with Gasteiger partial charge in [-0.05, 0) is 25.7 Å². The van der Waals surface area contributed by atoms with Crippen molar-refractivity contribution in [1.29, 1.82) is 0 Å². The number of nitrogens with zero attached hydrogens (tertiary/aromatic N) is 5. The summed E-state index contributed by atoms with van der Waals surface area (Å²) in [6.45, 7) is 9.48. The van der Waals surface area contributed by atoms with E-state index in [-0.39, 0.29) is 0 Å². The third kappa shape index (κ3) is 3.09. The monoisotopic (exact) mass is 335 g/mol. The Morgan fingerprint density at radius 3 is 2.87 bits per heavy atom. The fourth-order valence-electron chi connectivity index (χ4n) is 3.75. The molecule has 0 bridgehead atoms. The molecule has 0 radical (unpaired) electrons. The zero-order chi connectivity index (χ0) is 15.8. The lowest BCUT2D eigenvalue weighted by Crippen LogP contribution is -2.44. The lowest BCUT2D eigenvalue weighted by Gasteiger charge is -2.36. The van der Waals surface area contributed by atoms with Crippen LogP contribution in [-0.2, 0) is 11.8 Å². The van der Waals surface area contributed by atoms with E-state index in [2.05, 4.69) is 21.8 Å². The Morgan fingerprint density at radius 1 is 1.26 bits per heavy atom. The first-order chi connectivity index (χ1) is 11.2. The fourth-order valence-corrected chi connectivity index (χ4v) is 4.81. The minimum Gasteiger partial charge on any atom is -0.379 e. The number of hydrogen-bond acceptors (Lipinski definition) is 6. The molecule has 0 amide bonds. The third-order valence-electron chi connectivity index (χ3n) is 4.94. The summed E-state index contributed by atoms with van der Waals surface area (Å²) in [5.74, 6) is 0.744. The molecule has 6 nitrogen and oxygen atoms in total. The quantitative estimate of drug-likeness (QED) is 0.857. The molecular formula is C16H25N5OS. The lowest BCUT2D eigenvalue weighted by molar-refractivity contribution is 0.0296. The summed E-state index contributed by atoms with van der Waals surface area (Å²) in [6.07, 6.45) is 2.60. The molecule has 0 N–H and O–H groups in total. The van der Waals surface area contributed by atoms with Crippen molar-refractivity contribution in [2.75, 3.05) is 50.8 Å². The van der Waals surface area contributed by atoms with Gasteiger partial charge in [0.1, 0.15) is 0 Å². The van der Waals surface area contributed by atoms with Crippen molar-refractivity contribution < 1.29 is 4.74 Å². The van der Waals surface area contributed by atoms with Crippen molar-refractivity contribution in [2.45, 2.75) is 19.8 Å². The molecular weight excluding hydrogens is 310 g/mol. The highest BCUT2D eigenvalue weighted by Crippen LogP contribution is 2.33. The second-order valence-electron chi connectivity index (χ2n) is 6.73. The predicted octanol–water partition coefficient (Wildman–Crippen LogP) is 1.89. The maximum atomic E-state index is 5.46. The van der Waals surface area contributed by atoms with E-state index < -0.39 is 0 Å². The van der Waals surface area contributed by atoms with E-state index in [1.165, 1.54) is 29.2 Å². The molecule has 0 saturated carbocycles. The van der Waals surface area contributed by atoms with Gasteiger partial charge in [-0.15, -0.1) is 0 Å². The van der Waals surface area contributed by atoms with E-state index in [1.807, 2.05) is 11.7 Å². The van der Waals surface area contributed by atoms with Gasteiger partial charge in [0.15, 0.2) is 10.8 Å². The van der Waals surface area contributed by atoms with Crippen LogP contribution in [0, 0.1) is 12.8 Å². The summed E-state index contributed by atoms with van der Waals surface area (Å²) in [5, 5.41) is 5.63. The molecule has 23 heavy (non-hydrogen) atoms. The normalized spacial score (nSPS) is 23.7. The number of morpholine rings is 1. The number of ether oxygens (including phenoxy) is 1. The minimum atomic E-state index is 0.744. The molecule has 0 aliphatic carbocycles. The van der Waals surface area contributed by atoms with Gasteiger partial charge in [-0.2, -0.15) is 5.10 Å². The van der Waals surface area contributed by atoms with Gasteiger partial charge in [-0.3, -0.25) is 4.90 Å². The molecule has 4 heterocycles. The number of anilines is 1. The largest absolute Gasteiger partial charge is 0.379 e. The summed E-state index contributed by atoms with van der Waals surface area (Å²) in [5.41, 5.74) is 2.12. The summed E-state index contributed by atoms with van der Waals surface area (Å²) in [7, 11) is 1.98. The van der Waals surface area contributed by atoms with Crippen LogP contribution in [0.2, 0.25) is 0 Å². The van der Waals surface area contributed by atoms with Crippen LogP contribution >= 0.6 is 11.3 Å². The lowest BCUT2D eigenvalue weighted by atomic mass is 9.97. The Balaban J connectivity index is 1.46. The summed E-state index contributed by atoms with van der Waals surface area (Å²) in [6, 6.07) is 0. The molecule has 2 fully saturated rings. The average molecular weight is 335 g/mol. The first-order valence-corrected chi connectivity index (χ1v) is 9.37. The van der Waals surface area contributed by atoms with Crippen molar-refractivity contribution >= 4 is 26.8 Å². The van der Waals surface area contributed by atoms with Crippen LogP contribution in [-0.4, -0.2) is 65.6 Å². The maximum absolute atomic E-state index is 5.46. The maximum Gasteiger partial charge on any atom is 0.188 e. The van der Waals surface area contributed by atoms with Gasteiger partial charge in [0.05, 0.1) is 23.6 Å². The first-order valence-electron chi connectivity index (χ1n) is 8.56. The second kappa shape index (κ2) is 6.37. The standard InChI is InChI=1S/C16H25N5OS/c1-12-14-15(19(2)18-12)17-16(23-14)21-5-3-4-13(11-21)10-20-6-8-22-9-7-20/h13H,3-11H2,1-2H3/t13-/m0/s1. The number of aromatic nitrogens is 3. The van der Waals surface area contributed by atoms with Gasteiger partial charge in [-0.1, -0.05) is 11.3 Å². The van der Waals surface area contributed by atoms with Gasteiger partial charge in [0, 0.05) is 39.8 Å². The number of aryl methyl sites for hydroxylation is 2. The van der Waals surface area contributed by atoms with Gasteiger partial charge in [0.2, 0.25) is 0 Å². The second-order valence-corrected chi connectivity index (χ2v) is 7.70. The number of fused-ring (bicyclic) bond motifs is 1. The van der Waals surface area contributed by atoms with E-state index in [0.29, 0.717) is 0 Å². The van der Waals surface area contributed by atoms with E-state index in [1.54, 1.807) is 11.3 Å². The molecule has 7 heteroatoms. The Labute approximate surface area is 141 Å². The van der Waals surface area contributed by atoms with Crippen LogP contribution in [0.15, 0.2) is 0 Å². The number of piperidine rings is 1. The van der Waals surface area contributed by atoms with Crippen LogP contribution < -0.4 is 4.90 Å². The van der Waals surface area contributed by atoms with Gasteiger partial charge in [-0.25, -0.2) is 9.67 Å². The summed E-state index contributed by atoms with van der Waals surface area (Å²) < 4.78 is 8.59. The van der Waals surface area contributed by atoms with E-state index >= 15 is 0 Å². The molecule has 0 aromatic carbocycles. The minimum absolute atomic E-state index is 0.744. The molecule has 126 valence electrons. The summed E-state index contributed by atoms with van der Waals surface area (Å²) >= 11 is 1.80. The SMILES string of the molecule is Cc1nn(C)c2nc(N3CCC[C@@H](CN4CCOCC4)C3)sc12.